The van der Waals surface area contributed by atoms with Gasteiger partial charge in [0.25, 0.3) is 6.43 Å². The molecule has 1 aromatic carbocycles. The van der Waals surface area contributed by atoms with Crippen LogP contribution in [0.15, 0.2) is 36.5 Å². The molecule has 5 heterocycles. The number of halogens is 4. The van der Waals surface area contributed by atoms with Gasteiger partial charge in [-0.15, -0.1) is 10.2 Å². The Kier molecular flexibility index (Phi) is 6.18. The first kappa shape index (κ1) is 25.5. The second-order valence-electron chi connectivity index (χ2n) is 9.92. The summed E-state index contributed by atoms with van der Waals surface area (Å²) in [6.07, 6.45) is -1.47. The number of anilines is 1. The second kappa shape index (κ2) is 9.45. The van der Waals surface area contributed by atoms with Crippen LogP contribution in [0.1, 0.15) is 6.92 Å². The van der Waals surface area contributed by atoms with Gasteiger partial charge in [0.15, 0.2) is 11.5 Å². The van der Waals surface area contributed by atoms with Crippen molar-refractivity contribution in [1.29, 1.82) is 0 Å². The summed E-state index contributed by atoms with van der Waals surface area (Å²) in [5.41, 5.74) is 0.0699. The van der Waals surface area contributed by atoms with E-state index in [-0.39, 0.29) is 35.5 Å². The summed E-state index contributed by atoms with van der Waals surface area (Å²) in [7, 11) is 1.38. The standard InChI is InChI=1S/C25H26F4N8O2/c1-13(2)25(29)12-35(15-10-39-11-15)8-19(25)30-24-31-23(38-3)22-21(16(26)7-37(22)33-24)14-4-5-17-18(6-14)36(34-32-17)9-20(27)28/h4-7,15,19-20H,1,8-12H2,2-3H3,(H,30,33)/t19-,25?/m1/s1. The van der Waals surface area contributed by atoms with E-state index in [2.05, 4.69) is 32.3 Å². The van der Waals surface area contributed by atoms with Gasteiger partial charge < -0.3 is 14.8 Å². The molecule has 1 unspecified atom stereocenters. The lowest BCUT2D eigenvalue weighted by atomic mass is 9.93. The zero-order valence-electron chi connectivity index (χ0n) is 21.2. The van der Waals surface area contributed by atoms with E-state index in [1.54, 1.807) is 19.1 Å². The van der Waals surface area contributed by atoms with E-state index in [0.29, 0.717) is 41.9 Å². The molecule has 2 aliphatic rings. The number of hydrogen-bond acceptors (Lipinski definition) is 8. The minimum Gasteiger partial charge on any atom is -0.479 e. The van der Waals surface area contributed by atoms with Crippen LogP contribution < -0.4 is 10.1 Å². The van der Waals surface area contributed by atoms with Crippen molar-refractivity contribution in [3.05, 3.63) is 42.4 Å². The van der Waals surface area contributed by atoms with Crippen molar-refractivity contribution < 1.29 is 27.0 Å². The van der Waals surface area contributed by atoms with E-state index in [9.17, 15) is 8.78 Å². The zero-order valence-corrected chi connectivity index (χ0v) is 21.2. The quantitative estimate of drug-likeness (QED) is 0.266. The van der Waals surface area contributed by atoms with Crippen molar-refractivity contribution in [2.75, 3.05) is 38.7 Å². The van der Waals surface area contributed by atoms with Gasteiger partial charge in [-0.3, -0.25) is 4.90 Å². The summed E-state index contributed by atoms with van der Waals surface area (Å²) >= 11 is 0. The highest BCUT2D eigenvalue weighted by Gasteiger charge is 2.51. The molecule has 0 bridgehead atoms. The largest absolute Gasteiger partial charge is 0.479 e. The Morgan fingerprint density at radius 3 is 2.79 bits per heavy atom. The maximum atomic E-state index is 16.1. The van der Waals surface area contributed by atoms with Gasteiger partial charge in [-0.05, 0) is 30.2 Å². The molecule has 1 N–H and O–H groups in total. The third-order valence-corrected chi connectivity index (χ3v) is 7.41. The third kappa shape index (κ3) is 4.27. The minimum atomic E-state index is -2.63. The summed E-state index contributed by atoms with van der Waals surface area (Å²) in [6, 6.07) is 4.14. The average molecular weight is 547 g/mol. The highest BCUT2D eigenvalue weighted by atomic mass is 19.3. The maximum absolute atomic E-state index is 16.1. The van der Waals surface area contributed by atoms with E-state index in [0.717, 1.165) is 10.9 Å². The number of rotatable bonds is 8. The van der Waals surface area contributed by atoms with Gasteiger partial charge in [-0.1, -0.05) is 17.9 Å². The number of fused-ring (bicyclic) bond motifs is 2. The monoisotopic (exact) mass is 546 g/mol. The number of nitrogens with one attached hydrogen (secondary N) is 1. The Labute approximate surface area is 220 Å². The van der Waals surface area contributed by atoms with Gasteiger partial charge in [0.2, 0.25) is 11.8 Å². The van der Waals surface area contributed by atoms with Crippen molar-refractivity contribution in [1.82, 2.24) is 34.5 Å². The molecule has 6 rings (SSSR count). The first-order chi connectivity index (χ1) is 18.7. The molecular weight excluding hydrogens is 520 g/mol. The molecule has 4 aromatic rings. The Balaban J connectivity index is 1.38. The highest BCUT2D eigenvalue weighted by molar-refractivity contribution is 5.89. The molecule has 39 heavy (non-hydrogen) atoms. The Morgan fingerprint density at radius 2 is 2.13 bits per heavy atom. The van der Waals surface area contributed by atoms with Crippen molar-refractivity contribution >= 4 is 22.5 Å². The summed E-state index contributed by atoms with van der Waals surface area (Å²) in [4.78, 5) is 6.44. The lowest BCUT2D eigenvalue weighted by Gasteiger charge is -2.34. The Bertz CT molecular complexity index is 1570. The summed E-state index contributed by atoms with van der Waals surface area (Å²) in [5.74, 6) is -0.533. The molecule has 3 aromatic heterocycles. The van der Waals surface area contributed by atoms with Crippen molar-refractivity contribution in [3.63, 3.8) is 0 Å². The topological polar surface area (TPSA) is 94.6 Å². The number of hydrogen-bond donors (Lipinski definition) is 1. The number of benzene rings is 1. The maximum Gasteiger partial charge on any atom is 0.258 e. The molecule has 0 radical (unpaired) electrons. The average Bonchev–Trinajstić information content (AvgIpc) is 3.50. The Hall–Kier alpha value is -3.78. The van der Waals surface area contributed by atoms with Crippen LogP contribution >= 0.6 is 0 Å². The molecule has 0 spiro atoms. The number of methoxy groups -OCH3 is 1. The predicted molar refractivity (Wildman–Crippen MR) is 134 cm³/mol. The number of alkyl halides is 3. The number of ether oxygens (including phenoxy) is 2. The van der Waals surface area contributed by atoms with Gasteiger partial charge in [0.1, 0.15) is 17.6 Å². The van der Waals surface area contributed by atoms with Crippen LogP contribution in [0.5, 0.6) is 5.88 Å². The number of likely N-dealkylation sites (tertiary alicyclic amines) is 1. The molecule has 2 atom stereocenters. The fraction of sp³-hybridized carbons (Fsp3) is 0.440. The van der Waals surface area contributed by atoms with Gasteiger partial charge in [0, 0.05) is 13.1 Å². The molecule has 14 heteroatoms. The van der Waals surface area contributed by atoms with Crippen LogP contribution in [-0.2, 0) is 11.3 Å². The van der Waals surface area contributed by atoms with Gasteiger partial charge >= 0.3 is 0 Å². The SMILES string of the molecule is C=C(C)C1(F)CN(C2COC2)C[C@H]1Nc1nc(OC)c2c(-c3ccc4nnn(CC(F)F)c4c3)c(F)cn2n1. The first-order valence-electron chi connectivity index (χ1n) is 12.4. The van der Waals surface area contributed by atoms with Crippen molar-refractivity contribution in [3.8, 4) is 17.0 Å². The predicted octanol–water partition coefficient (Wildman–Crippen LogP) is 3.33. The zero-order chi connectivity index (χ0) is 27.5. The molecule has 2 saturated heterocycles. The molecule has 10 nitrogen and oxygen atoms in total. The van der Waals surface area contributed by atoms with Crippen molar-refractivity contribution in [2.45, 2.75) is 37.6 Å². The van der Waals surface area contributed by atoms with Crippen LogP contribution in [0.25, 0.3) is 27.7 Å². The normalized spacial score (nSPS) is 22.2. The highest BCUT2D eigenvalue weighted by Crippen LogP contribution is 2.38. The molecule has 2 fully saturated rings. The molecular formula is C25H26F4N8O2. The van der Waals surface area contributed by atoms with Crippen LogP contribution in [0.3, 0.4) is 0 Å². The summed E-state index contributed by atoms with van der Waals surface area (Å²) in [5, 5.41) is 15.1. The van der Waals surface area contributed by atoms with E-state index in [1.165, 1.54) is 17.7 Å². The van der Waals surface area contributed by atoms with E-state index in [4.69, 9.17) is 9.47 Å². The molecule has 2 aliphatic heterocycles. The van der Waals surface area contributed by atoms with E-state index >= 15 is 8.78 Å². The Morgan fingerprint density at radius 1 is 1.33 bits per heavy atom. The minimum absolute atomic E-state index is 0.0488. The van der Waals surface area contributed by atoms with Gasteiger partial charge in [-0.2, -0.15) is 4.98 Å². The van der Waals surface area contributed by atoms with E-state index in [1.807, 2.05) is 4.90 Å². The molecule has 0 aliphatic carbocycles. The smallest absolute Gasteiger partial charge is 0.258 e. The van der Waals surface area contributed by atoms with Crippen LogP contribution in [0.4, 0.5) is 23.5 Å². The molecule has 0 amide bonds. The summed E-state index contributed by atoms with van der Waals surface area (Å²) in [6.45, 7) is 6.50. The lowest BCUT2D eigenvalue weighted by molar-refractivity contribution is -0.0601. The second-order valence-corrected chi connectivity index (χ2v) is 9.92. The van der Waals surface area contributed by atoms with Gasteiger partial charge in [0.05, 0.1) is 49.7 Å². The number of aromatic nitrogens is 6. The number of nitrogens with zero attached hydrogens (tertiary/aromatic N) is 7. The van der Waals surface area contributed by atoms with E-state index < -0.39 is 30.5 Å². The lowest BCUT2D eigenvalue weighted by Crippen LogP contribution is -2.48. The fourth-order valence-corrected chi connectivity index (χ4v) is 5.20. The first-order valence-corrected chi connectivity index (χ1v) is 12.4. The third-order valence-electron chi connectivity index (χ3n) is 7.41. The summed E-state index contributed by atoms with van der Waals surface area (Å²) < 4.78 is 70.6. The van der Waals surface area contributed by atoms with Crippen LogP contribution in [0, 0.1) is 5.82 Å². The van der Waals surface area contributed by atoms with Crippen molar-refractivity contribution in [2.24, 2.45) is 0 Å². The van der Waals surface area contributed by atoms with Gasteiger partial charge in [-0.25, -0.2) is 26.8 Å². The molecule has 0 saturated carbocycles. The van der Waals surface area contributed by atoms with Crippen LogP contribution in [-0.4, -0.2) is 92.1 Å². The van der Waals surface area contributed by atoms with Crippen LogP contribution in [0.2, 0.25) is 0 Å². The fourth-order valence-electron chi connectivity index (χ4n) is 5.20. The molecule has 206 valence electrons.